The van der Waals surface area contributed by atoms with Gasteiger partial charge in [0.15, 0.2) is 12.1 Å². The molecule has 47 heavy (non-hydrogen) atoms. The van der Waals surface area contributed by atoms with Crippen molar-refractivity contribution in [2.45, 2.75) is 134 Å². The van der Waals surface area contributed by atoms with E-state index in [1.54, 1.807) is 27.9 Å². The fourth-order valence-corrected chi connectivity index (χ4v) is 8.62. The average molecular weight is 668 g/mol. The Kier molecular flexibility index (Phi) is 13.0. The molecule has 272 valence electrons. The molecule has 3 aliphatic heterocycles. The zero-order valence-corrected chi connectivity index (χ0v) is 31.1. The number of carbonyl (C=O) groups excluding carboxylic acids is 2. The molecule has 0 bridgehead atoms. The number of hydrogen-bond acceptors (Lipinski definition) is 11. The van der Waals surface area contributed by atoms with E-state index < -0.39 is 41.4 Å². The van der Waals surface area contributed by atoms with Crippen LogP contribution in [-0.4, -0.2) is 148 Å². The third kappa shape index (κ3) is 8.77. The summed E-state index contributed by atoms with van der Waals surface area (Å²) in [6, 6.07) is 0.348. The molecule has 11 heteroatoms. The summed E-state index contributed by atoms with van der Waals surface area (Å²) in [7, 11) is 9.82. The molecule has 1 N–H and O–H groups in total. The molecule has 0 amide bonds. The monoisotopic (exact) mass is 667 g/mol. The lowest BCUT2D eigenvalue weighted by Crippen LogP contribution is -2.59. The van der Waals surface area contributed by atoms with Gasteiger partial charge in [-0.1, -0.05) is 13.8 Å². The Hall–Kier alpha value is -1.18. The van der Waals surface area contributed by atoms with Crippen molar-refractivity contribution in [1.29, 1.82) is 0 Å². The van der Waals surface area contributed by atoms with Gasteiger partial charge >= 0.3 is 5.97 Å². The van der Waals surface area contributed by atoms with Crippen LogP contribution in [0.25, 0.3) is 0 Å². The van der Waals surface area contributed by atoms with Gasteiger partial charge in [0.2, 0.25) is 0 Å². The molecule has 11 nitrogen and oxygen atoms in total. The Morgan fingerprint density at radius 1 is 1.06 bits per heavy atom. The third-order valence-electron chi connectivity index (χ3n) is 11.8. The summed E-state index contributed by atoms with van der Waals surface area (Å²) >= 11 is 0. The lowest BCUT2D eigenvalue weighted by atomic mass is 9.74. The number of nitrogens with zero attached hydrogens (tertiary/aromatic N) is 3. The van der Waals surface area contributed by atoms with Crippen molar-refractivity contribution in [2.24, 2.45) is 23.2 Å². The molecule has 0 radical (unpaired) electrons. The van der Waals surface area contributed by atoms with Crippen LogP contribution in [0.2, 0.25) is 0 Å². The van der Waals surface area contributed by atoms with E-state index in [1.165, 1.54) is 0 Å². The first-order valence-corrected chi connectivity index (χ1v) is 17.9. The van der Waals surface area contributed by atoms with Gasteiger partial charge in [-0.25, -0.2) is 0 Å². The molecule has 0 aromatic carbocycles. The zero-order chi connectivity index (χ0) is 34.8. The Morgan fingerprint density at radius 3 is 2.34 bits per heavy atom. The molecule has 3 saturated heterocycles. The van der Waals surface area contributed by atoms with Crippen LogP contribution in [0.1, 0.15) is 80.1 Å². The van der Waals surface area contributed by atoms with Crippen LogP contribution in [0, 0.1) is 23.2 Å². The number of Topliss-reactive ketones (excluding diaryl/α,β-unsaturated/α-hetero) is 1. The normalized spacial score (nSPS) is 42.8. The minimum atomic E-state index is -1.41. The highest BCUT2D eigenvalue weighted by Gasteiger charge is 2.52. The van der Waals surface area contributed by atoms with E-state index in [0.29, 0.717) is 30.9 Å². The van der Waals surface area contributed by atoms with Gasteiger partial charge in [0, 0.05) is 50.8 Å². The van der Waals surface area contributed by atoms with Crippen molar-refractivity contribution in [3.05, 3.63) is 0 Å². The number of aliphatic hydroxyl groups is 1. The summed E-state index contributed by atoms with van der Waals surface area (Å²) in [5.41, 5.74) is -2.32. The van der Waals surface area contributed by atoms with Gasteiger partial charge in [0.25, 0.3) is 0 Å². The molecule has 1 aliphatic carbocycles. The first kappa shape index (κ1) is 38.6. The number of hydrogen-bond donors (Lipinski definition) is 1. The smallest absolute Gasteiger partial charge is 0.319 e. The first-order chi connectivity index (χ1) is 22.0. The van der Waals surface area contributed by atoms with Crippen LogP contribution in [0.3, 0.4) is 0 Å². The maximum atomic E-state index is 14.3. The third-order valence-corrected chi connectivity index (χ3v) is 11.8. The number of ketones is 1. The fourth-order valence-electron chi connectivity index (χ4n) is 8.62. The number of methoxy groups -OCH3 is 1. The molecule has 0 aromatic heterocycles. The van der Waals surface area contributed by atoms with E-state index in [-0.39, 0.29) is 36.5 Å². The number of likely N-dealkylation sites (N-methyl/N-ethyl adjacent to an activating group) is 3. The summed E-state index contributed by atoms with van der Waals surface area (Å²) in [4.78, 5) is 34.7. The van der Waals surface area contributed by atoms with Crippen molar-refractivity contribution in [1.82, 2.24) is 14.7 Å². The van der Waals surface area contributed by atoms with Crippen LogP contribution in [0.5, 0.6) is 0 Å². The molecule has 10 atom stereocenters. The van der Waals surface area contributed by atoms with Gasteiger partial charge in [-0.2, -0.15) is 0 Å². The SMILES string of the molecule is CO[C@]1(C)C[C@@H](C)CN(C)[C@H]([C@H]2C[C@@H](N(C)CC3CCCO3)C2)COC(=O)C(C)(C)C(=O)[C@H](C)[C@H]1O[C@@H]1O[C@H](C)C[C@H](N(C)C)[C@H]1O. The number of esters is 1. The van der Waals surface area contributed by atoms with Crippen LogP contribution < -0.4 is 0 Å². The maximum Gasteiger partial charge on any atom is 0.319 e. The Balaban J connectivity index is 1.56. The number of carbonyl (C=O) groups is 2. The Bertz CT molecular complexity index is 1050. The van der Waals surface area contributed by atoms with Crippen molar-refractivity contribution in [2.75, 3.05) is 61.6 Å². The topological polar surface area (TPSA) is 110 Å². The molecule has 1 saturated carbocycles. The lowest BCUT2D eigenvalue weighted by molar-refractivity contribution is -0.295. The highest BCUT2D eigenvalue weighted by molar-refractivity contribution is 6.04. The maximum absolute atomic E-state index is 14.3. The number of aliphatic hydroxyl groups excluding tert-OH is 1. The van der Waals surface area contributed by atoms with Crippen molar-refractivity contribution in [3.63, 3.8) is 0 Å². The Morgan fingerprint density at radius 2 is 1.74 bits per heavy atom. The first-order valence-electron chi connectivity index (χ1n) is 17.9. The summed E-state index contributed by atoms with van der Waals surface area (Å²) in [5, 5.41) is 11.3. The minimum Gasteiger partial charge on any atom is -0.463 e. The van der Waals surface area contributed by atoms with E-state index in [1.807, 2.05) is 32.8 Å². The minimum absolute atomic E-state index is 0.0361. The second kappa shape index (κ2) is 15.8. The van der Waals surface area contributed by atoms with Crippen molar-refractivity contribution < 1.29 is 38.4 Å². The van der Waals surface area contributed by atoms with Gasteiger partial charge in [-0.15, -0.1) is 0 Å². The average Bonchev–Trinajstić information content (AvgIpc) is 3.49. The van der Waals surface area contributed by atoms with Crippen molar-refractivity contribution >= 4 is 11.8 Å². The molecule has 4 aliphatic rings. The Labute approximate surface area is 283 Å². The molecule has 0 spiro atoms. The zero-order valence-electron chi connectivity index (χ0n) is 31.1. The van der Waals surface area contributed by atoms with Gasteiger partial charge in [-0.3, -0.25) is 14.5 Å². The second-order valence-corrected chi connectivity index (χ2v) is 16.3. The molecule has 0 aromatic rings. The van der Waals surface area contributed by atoms with Crippen LogP contribution >= 0.6 is 0 Å². The molecule has 4 rings (SSSR count). The molecule has 3 heterocycles. The van der Waals surface area contributed by atoms with E-state index in [9.17, 15) is 14.7 Å². The number of ether oxygens (including phenoxy) is 5. The van der Waals surface area contributed by atoms with Crippen LogP contribution in [0.15, 0.2) is 0 Å². The molecular formula is C36H65N3O8. The predicted octanol–water partition coefficient (Wildman–Crippen LogP) is 3.21. The fraction of sp³-hybridized carbons (Fsp3) is 0.944. The van der Waals surface area contributed by atoms with E-state index in [4.69, 9.17) is 23.7 Å². The summed E-state index contributed by atoms with van der Waals surface area (Å²) in [6.07, 6.45) is 3.09. The molecule has 1 unspecified atom stereocenters. The standard InChI is InChI=1S/C36H65N3O8/c1-22-18-36(6,43-11)32(47-33-30(40)28(37(7)8)15-23(2)46-33)24(3)31(41)35(4,5)34(42)45-21-29(39(10)19-22)25-16-26(17-25)38(9)20-27-13-12-14-44-27/h22-30,32-33,40H,12-21H2,1-11H3/t22-,23-,24+,25-,26+,27?,28+,29+,30-,32-,33+,36-/m1/s1. The lowest BCUT2D eigenvalue weighted by Gasteiger charge is -2.48. The largest absolute Gasteiger partial charge is 0.463 e. The molecule has 4 fully saturated rings. The predicted molar refractivity (Wildman–Crippen MR) is 180 cm³/mol. The molecular weight excluding hydrogens is 602 g/mol. The second-order valence-electron chi connectivity index (χ2n) is 16.3. The summed E-state index contributed by atoms with van der Waals surface area (Å²) in [5.74, 6) is -1.02. The van der Waals surface area contributed by atoms with Gasteiger partial charge < -0.3 is 38.6 Å². The quantitative estimate of drug-likeness (QED) is 0.305. The van der Waals surface area contributed by atoms with Crippen LogP contribution in [-0.2, 0) is 33.3 Å². The number of rotatable bonds is 8. The van der Waals surface area contributed by atoms with Gasteiger partial charge in [-0.05, 0) is 106 Å². The van der Waals surface area contributed by atoms with Gasteiger partial charge in [0.1, 0.15) is 18.1 Å². The van der Waals surface area contributed by atoms with E-state index in [0.717, 1.165) is 45.4 Å². The van der Waals surface area contributed by atoms with Gasteiger partial charge in [0.05, 0.1) is 23.9 Å². The van der Waals surface area contributed by atoms with E-state index >= 15 is 0 Å². The van der Waals surface area contributed by atoms with Crippen molar-refractivity contribution in [3.8, 4) is 0 Å². The number of cyclic esters (lactones) is 1. The highest BCUT2D eigenvalue weighted by Crippen LogP contribution is 2.40. The summed E-state index contributed by atoms with van der Waals surface area (Å²) in [6.45, 7) is 14.0. The highest BCUT2D eigenvalue weighted by atomic mass is 16.7. The van der Waals surface area contributed by atoms with Crippen LogP contribution in [0.4, 0.5) is 0 Å². The summed E-state index contributed by atoms with van der Waals surface area (Å²) < 4.78 is 31.0. The van der Waals surface area contributed by atoms with E-state index in [2.05, 4.69) is 30.8 Å².